The van der Waals surface area contributed by atoms with Crippen molar-refractivity contribution in [1.29, 1.82) is 0 Å². The third-order valence-corrected chi connectivity index (χ3v) is 5.54. The fourth-order valence-corrected chi connectivity index (χ4v) is 3.77. The highest BCUT2D eigenvalue weighted by molar-refractivity contribution is 6.30. The van der Waals surface area contributed by atoms with Crippen LogP contribution in [-0.4, -0.2) is 41.3 Å². The first-order chi connectivity index (χ1) is 15.5. The molecular weight excluding hydrogens is 435 g/mol. The van der Waals surface area contributed by atoms with Gasteiger partial charge in [-0.15, -0.1) is 0 Å². The van der Waals surface area contributed by atoms with E-state index in [0.717, 1.165) is 5.56 Å². The lowest BCUT2D eigenvalue weighted by Crippen LogP contribution is -2.46. The molecule has 166 valence electrons. The van der Waals surface area contributed by atoms with Crippen LogP contribution in [0, 0.1) is 5.82 Å². The second-order valence-electron chi connectivity index (χ2n) is 7.36. The Kier molecular flexibility index (Phi) is 6.53. The summed E-state index contributed by atoms with van der Waals surface area (Å²) in [5.41, 5.74) is 2.79. The number of methoxy groups -OCH3 is 1. The van der Waals surface area contributed by atoms with E-state index in [0.29, 0.717) is 47.3 Å². The molecule has 7 nitrogen and oxygen atoms in total. The van der Waals surface area contributed by atoms with Crippen LogP contribution in [0.5, 0.6) is 0 Å². The van der Waals surface area contributed by atoms with Crippen molar-refractivity contribution in [2.45, 2.75) is 19.4 Å². The Morgan fingerprint density at radius 2 is 1.91 bits per heavy atom. The number of halogens is 2. The number of carbonyl (C=O) groups excluding carboxylic acids is 1. The number of rotatable bonds is 7. The van der Waals surface area contributed by atoms with E-state index in [1.807, 2.05) is 6.92 Å². The molecule has 0 saturated carbocycles. The summed E-state index contributed by atoms with van der Waals surface area (Å²) in [5.74, 6) is 0.318. The molecule has 9 heteroatoms. The van der Waals surface area contributed by atoms with E-state index in [2.05, 4.69) is 15.5 Å². The minimum atomic E-state index is -0.569. The number of hydrogen-bond acceptors (Lipinski definition) is 5. The van der Waals surface area contributed by atoms with Crippen LogP contribution in [-0.2, 0) is 4.74 Å². The maximum absolute atomic E-state index is 13.5. The normalized spacial score (nSPS) is 16.4. The van der Waals surface area contributed by atoms with Crippen molar-refractivity contribution in [3.05, 3.63) is 76.5 Å². The second kappa shape index (κ2) is 9.50. The summed E-state index contributed by atoms with van der Waals surface area (Å²) in [4.78, 5) is 19.1. The lowest BCUT2D eigenvalue weighted by molar-refractivity contribution is 0.174. The first kappa shape index (κ1) is 22.0. The van der Waals surface area contributed by atoms with Gasteiger partial charge in [0.15, 0.2) is 0 Å². The maximum Gasteiger partial charge on any atom is 0.322 e. The molecule has 1 atom stereocenters. The summed E-state index contributed by atoms with van der Waals surface area (Å²) in [6.45, 7) is 2.82. The first-order valence-electron chi connectivity index (χ1n) is 10.1. The second-order valence-corrected chi connectivity index (χ2v) is 7.80. The maximum atomic E-state index is 13.5. The number of hydrogen-bond donors (Lipinski definition) is 1. The van der Waals surface area contributed by atoms with Gasteiger partial charge in [-0.05, 0) is 55.3 Å². The molecular formula is C23H22ClFN4O3. The number of urea groups is 1. The average Bonchev–Trinajstić information content (AvgIpc) is 3.26. The van der Waals surface area contributed by atoms with Crippen LogP contribution in [0.15, 0.2) is 58.8 Å². The Balaban J connectivity index is 1.76. The molecule has 0 radical (unpaired) electrons. The lowest BCUT2D eigenvalue weighted by atomic mass is 9.94. The minimum absolute atomic E-state index is 0.255. The number of carbonyl (C=O) groups is 1. The highest BCUT2D eigenvalue weighted by atomic mass is 35.5. The monoisotopic (exact) mass is 456 g/mol. The zero-order valence-corrected chi connectivity index (χ0v) is 18.4. The first-order valence-corrected chi connectivity index (χ1v) is 10.5. The Morgan fingerprint density at radius 1 is 1.19 bits per heavy atom. The van der Waals surface area contributed by atoms with E-state index in [4.69, 9.17) is 20.9 Å². The average molecular weight is 457 g/mol. The van der Waals surface area contributed by atoms with Crippen LogP contribution in [0.2, 0.25) is 5.02 Å². The molecule has 1 unspecified atom stereocenters. The SMILES string of the molecule is COCCCN1C(=O)NC(c2ccc(F)cc2)C(c2nc(-c3ccc(Cl)cc3)no2)=C1C. The van der Waals surface area contributed by atoms with E-state index in [9.17, 15) is 9.18 Å². The Bertz CT molecular complexity index is 1130. The van der Waals surface area contributed by atoms with Gasteiger partial charge in [-0.2, -0.15) is 4.98 Å². The van der Waals surface area contributed by atoms with Gasteiger partial charge in [0.1, 0.15) is 5.82 Å². The molecule has 0 fully saturated rings. The molecule has 1 N–H and O–H groups in total. The van der Waals surface area contributed by atoms with E-state index >= 15 is 0 Å². The van der Waals surface area contributed by atoms with Crippen molar-refractivity contribution in [3.8, 4) is 11.4 Å². The molecule has 0 saturated heterocycles. The molecule has 1 aromatic heterocycles. The van der Waals surface area contributed by atoms with Gasteiger partial charge >= 0.3 is 6.03 Å². The van der Waals surface area contributed by atoms with Gasteiger partial charge < -0.3 is 14.6 Å². The molecule has 0 spiro atoms. The van der Waals surface area contributed by atoms with Gasteiger partial charge in [-0.25, -0.2) is 9.18 Å². The number of benzene rings is 2. The molecule has 0 bridgehead atoms. The standard InChI is InChI=1S/C23H22ClFN4O3/c1-14-19(22-27-21(28-32-22)16-4-8-17(24)9-5-16)20(15-6-10-18(25)11-7-15)26-23(30)29(14)12-3-13-31-2/h4-11,20H,3,12-13H2,1-2H3,(H,26,30). The lowest BCUT2D eigenvalue weighted by Gasteiger charge is -2.35. The van der Waals surface area contributed by atoms with Gasteiger partial charge in [-0.3, -0.25) is 4.90 Å². The summed E-state index contributed by atoms with van der Waals surface area (Å²) >= 11 is 5.97. The molecule has 1 aliphatic heterocycles. The zero-order chi connectivity index (χ0) is 22.7. The van der Waals surface area contributed by atoms with Crippen molar-refractivity contribution >= 4 is 23.2 Å². The number of allylic oxidation sites excluding steroid dienone is 1. The fourth-order valence-electron chi connectivity index (χ4n) is 3.65. The van der Waals surface area contributed by atoms with Crippen LogP contribution in [0.4, 0.5) is 9.18 Å². The van der Waals surface area contributed by atoms with Gasteiger partial charge in [-0.1, -0.05) is 28.9 Å². The molecule has 32 heavy (non-hydrogen) atoms. The number of nitrogens with one attached hydrogen (secondary N) is 1. The van der Waals surface area contributed by atoms with Gasteiger partial charge in [0.05, 0.1) is 11.6 Å². The highest BCUT2D eigenvalue weighted by Gasteiger charge is 2.35. The predicted molar refractivity (Wildman–Crippen MR) is 118 cm³/mol. The third kappa shape index (κ3) is 4.51. The topological polar surface area (TPSA) is 80.5 Å². The molecule has 2 aromatic carbocycles. The number of nitrogens with zero attached hydrogens (tertiary/aromatic N) is 3. The van der Waals surface area contributed by atoms with E-state index < -0.39 is 6.04 Å². The molecule has 4 rings (SSSR count). The molecule has 0 aliphatic carbocycles. The molecule has 2 amide bonds. The highest BCUT2D eigenvalue weighted by Crippen LogP contribution is 2.37. The quantitative estimate of drug-likeness (QED) is 0.502. The van der Waals surface area contributed by atoms with Crippen molar-refractivity contribution < 1.29 is 18.4 Å². The van der Waals surface area contributed by atoms with Crippen LogP contribution in [0.1, 0.15) is 30.8 Å². The minimum Gasteiger partial charge on any atom is -0.385 e. The van der Waals surface area contributed by atoms with Crippen molar-refractivity contribution in [1.82, 2.24) is 20.4 Å². The number of ether oxygens (including phenoxy) is 1. The number of aromatic nitrogens is 2. The number of amides is 2. The van der Waals surface area contributed by atoms with Crippen LogP contribution in [0.3, 0.4) is 0 Å². The Labute approximate surface area is 189 Å². The van der Waals surface area contributed by atoms with E-state index in [1.165, 1.54) is 12.1 Å². The van der Waals surface area contributed by atoms with Crippen LogP contribution in [0.25, 0.3) is 17.0 Å². The van der Waals surface area contributed by atoms with Gasteiger partial charge in [0.25, 0.3) is 5.89 Å². The summed E-state index contributed by atoms with van der Waals surface area (Å²) in [6, 6.07) is 12.2. The summed E-state index contributed by atoms with van der Waals surface area (Å²) in [6.07, 6.45) is 0.662. The van der Waals surface area contributed by atoms with Crippen molar-refractivity contribution in [2.75, 3.05) is 20.3 Å². The summed E-state index contributed by atoms with van der Waals surface area (Å²) in [7, 11) is 1.62. The Morgan fingerprint density at radius 3 is 2.59 bits per heavy atom. The van der Waals surface area contributed by atoms with Gasteiger partial charge in [0.2, 0.25) is 5.82 Å². The van der Waals surface area contributed by atoms with Crippen molar-refractivity contribution in [2.24, 2.45) is 0 Å². The Hall–Kier alpha value is -3.23. The third-order valence-electron chi connectivity index (χ3n) is 5.29. The zero-order valence-electron chi connectivity index (χ0n) is 17.6. The van der Waals surface area contributed by atoms with E-state index in [1.54, 1.807) is 48.4 Å². The van der Waals surface area contributed by atoms with Crippen LogP contribution < -0.4 is 5.32 Å². The van der Waals surface area contributed by atoms with Crippen molar-refractivity contribution in [3.63, 3.8) is 0 Å². The largest absolute Gasteiger partial charge is 0.385 e. The van der Waals surface area contributed by atoms with Gasteiger partial charge in [0, 0.05) is 36.5 Å². The summed E-state index contributed by atoms with van der Waals surface area (Å²) < 4.78 is 24.2. The predicted octanol–water partition coefficient (Wildman–Crippen LogP) is 5.06. The fraction of sp³-hybridized carbons (Fsp3) is 0.261. The van der Waals surface area contributed by atoms with E-state index in [-0.39, 0.29) is 17.7 Å². The molecule has 2 heterocycles. The summed E-state index contributed by atoms with van der Waals surface area (Å²) in [5, 5.41) is 7.70. The van der Waals surface area contributed by atoms with Crippen LogP contribution >= 0.6 is 11.6 Å². The smallest absolute Gasteiger partial charge is 0.322 e. The molecule has 3 aromatic rings. The molecule has 1 aliphatic rings.